The minimum Gasteiger partial charge on any atom is -0.492 e. The molecule has 2 nitrogen and oxygen atoms in total. The van der Waals surface area contributed by atoms with Crippen LogP contribution in [0.15, 0.2) is 6.07 Å². The Morgan fingerprint density at radius 3 is 2.67 bits per heavy atom. The van der Waals surface area contributed by atoms with Gasteiger partial charge in [0.1, 0.15) is 10.8 Å². The molecule has 1 aromatic carbocycles. The standard InChI is InChI=1S/C10H12ClF2NO/c1-2-15-10-6(3-4-14)5-7(12)9(13)8(10)11/h5H,2-4,14H2,1H3. The van der Waals surface area contributed by atoms with Crippen molar-refractivity contribution in [3.05, 3.63) is 28.3 Å². The van der Waals surface area contributed by atoms with Crippen LogP contribution in [0.1, 0.15) is 12.5 Å². The molecule has 0 aliphatic heterocycles. The molecular weight excluding hydrogens is 224 g/mol. The number of ether oxygens (including phenoxy) is 1. The van der Waals surface area contributed by atoms with E-state index >= 15 is 0 Å². The quantitative estimate of drug-likeness (QED) is 0.814. The van der Waals surface area contributed by atoms with Crippen LogP contribution in [0, 0.1) is 11.6 Å². The van der Waals surface area contributed by atoms with Crippen LogP contribution < -0.4 is 10.5 Å². The van der Waals surface area contributed by atoms with Crippen molar-refractivity contribution in [3.63, 3.8) is 0 Å². The Morgan fingerprint density at radius 1 is 1.47 bits per heavy atom. The van der Waals surface area contributed by atoms with Crippen LogP contribution >= 0.6 is 11.6 Å². The first-order valence-corrected chi connectivity index (χ1v) is 4.98. The maximum absolute atomic E-state index is 13.1. The van der Waals surface area contributed by atoms with E-state index in [1.54, 1.807) is 6.92 Å². The molecule has 0 saturated heterocycles. The highest BCUT2D eigenvalue weighted by Crippen LogP contribution is 2.33. The summed E-state index contributed by atoms with van der Waals surface area (Å²) in [5.74, 6) is -1.88. The lowest BCUT2D eigenvalue weighted by molar-refractivity contribution is 0.332. The van der Waals surface area contributed by atoms with Crippen LogP contribution in [0.5, 0.6) is 5.75 Å². The topological polar surface area (TPSA) is 35.2 Å². The molecule has 15 heavy (non-hydrogen) atoms. The Hall–Kier alpha value is -0.870. The van der Waals surface area contributed by atoms with Crippen LogP contribution in [0.2, 0.25) is 5.02 Å². The summed E-state index contributed by atoms with van der Waals surface area (Å²) in [4.78, 5) is 0. The predicted octanol–water partition coefficient (Wildman–Crippen LogP) is 2.52. The van der Waals surface area contributed by atoms with Crippen LogP contribution in [-0.2, 0) is 6.42 Å². The Kier molecular flexibility index (Phi) is 4.29. The second kappa shape index (κ2) is 5.28. The van der Waals surface area contributed by atoms with Gasteiger partial charge in [-0.2, -0.15) is 0 Å². The van der Waals surface area contributed by atoms with Crippen LogP contribution in [0.4, 0.5) is 8.78 Å². The van der Waals surface area contributed by atoms with Crippen molar-refractivity contribution in [2.75, 3.05) is 13.2 Å². The van der Waals surface area contributed by atoms with Gasteiger partial charge >= 0.3 is 0 Å². The number of hydrogen-bond acceptors (Lipinski definition) is 2. The highest BCUT2D eigenvalue weighted by atomic mass is 35.5. The fourth-order valence-corrected chi connectivity index (χ4v) is 1.54. The fraction of sp³-hybridized carbons (Fsp3) is 0.400. The number of nitrogens with two attached hydrogens (primary N) is 1. The third-order valence-corrected chi connectivity index (χ3v) is 2.23. The maximum atomic E-state index is 13.1. The average molecular weight is 236 g/mol. The first kappa shape index (κ1) is 12.2. The molecule has 0 atom stereocenters. The summed E-state index contributed by atoms with van der Waals surface area (Å²) < 4.78 is 31.3. The van der Waals surface area contributed by atoms with Gasteiger partial charge in [0.2, 0.25) is 0 Å². The molecule has 0 amide bonds. The Bertz CT molecular complexity index is 358. The zero-order valence-corrected chi connectivity index (χ0v) is 9.07. The molecule has 0 aliphatic rings. The van der Waals surface area contributed by atoms with Crippen LogP contribution in [0.3, 0.4) is 0 Å². The molecule has 84 valence electrons. The number of hydrogen-bond donors (Lipinski definition) is 1. The molecular formula is C10H12ClF2NO. The normalized spacial score (nSPS) is 10.5. The predicted molar refractivity (Wildman–Crippen MR) is 55.3 cm³/mol. The lowest BCUT2D eigenvalue weighted by Crippen LogP contribution is -2.07. The molecule has 0 aromatic heterocycles. The maximum Gasteiger partial charge on any atom is 0.181 e. The zero-order chi connectivity index (χ0) is 11.4. The van der Waals surface area contributed by atoms with Gasteiger partial charge in [0, 0.05) is 5.56 Å². The van der Waals surface area contributed by atoms with Gasteiger partial charge in [0.05, 0.1) is 6.61 Å². The third-order valence-electron chi connectivity index (χ3n) is 1.90. The largest absolute Gasteiger partial charge is 0.492 e. The molecule has 1 aromatic rings. The molecule has 5 heteroatoms. The first-order chi connectivity index (χ1) is 7.11. The molecule has 0 unspecified atom stereocenters. The van der Waals surface area contributed by atoms with E-state index < -0.39 is 11.6 Å². The number of rotatable bonds is 4. The van der Waals surface area contributed by atoms with E-state index in [2.05, 4.69) is 0 Å². The zero-order valence-electron chi connectivity index (χ0n) is 8.32. The summed E-state index contributed by atoms with van der Waals surface area (Å²) in [6.07, 6.45) is 0.395. The van der Waals surface area contributed by atoms with Crippen molar-refractivity contribution in [2.45, 2.75) is 13.3 Å². The molecule has 2 N–H and O–H groups in total. The van der Waals surface area contributed by atoms with Gasteiger partial charge in [-0.05, 0) is 26.0 Å². The monoisotopic (exact) mass is 235 g/mol. The second-order valence-electron chi connectivity index (χ2n) is 2.95. The van der Waals surface area contributed by atoms with Gasteiger partial charge in [-0.3, -0.25) is 0 Å². The lowest BCUT2D eigenvalue weighted by atomic mass is 10.1. The summed E-state index contributed by atoms with van der Waals surface area (Å²) in [6, 6.07) is 1.07. The van der Waals surface area contributed by atoms with Crippen LogP contribution in [0.25, 0.3) is 0 Å². The first-order valence-electron chi connectivity index (χ1n) is 4.61. The smallest absolute Gasteiger partial charge is 0.181 e. The second-order valence-corrected chi connectivity index (χ2v) is 3.32. The van der Waals surface area contributed by atoms with E-state index in [1.807, 2.05) is 0 Å². The summed E-state index contributed by atoms with van der Waals surface area (Å²) >= 11 is 5.64. The minimum atomic E-state index is -1.08. The summed E-state index contributed by atoms with van der Waals surface area (Å²) in [6.45, 7) is 2.40. The lowest BCUT2D eigenvalue weighted by Gasteiger charge is -2.12. The van der Waals surface area contributed by atoms with Gasteiger partial charge in [0.15, 0.2) is 11.6 Å². The fourth-order valence-electron chi connectivity index (χ4n) is 1.27. The summed E-state index contributed by atoms with van der Waals surface area (Å²) in [5, 5.41) is -0.319. The number of benzene rings is 1. The molecule has 0 fully saturated rings. The molecule has 0 spiro atoms. The van der Waals surface area contributed by atoms with E-state index in [9.17, 15) is 8.78 Å². The van der Waals surface area contributed by atoms with Gasteiger partial charge < -0.3 is 10.5 Å². The minimum absolute atomic E-state index is 0.184. The highest BCUT2D eigenvalue weighted by Gasteiger charge is 2.17. The van der Waals surface area contributed by atoms with Crippen LogP contribution in [-0.4, -0.2) is 13.2 Å². The van der Waals surface area contributed by atoms with Gasteiger partial charge in [-0.15, -0.1) is 0 Å². The Morgan fingerprint density at radius 2 is 2.13 bits per heavy atom. The van der Waals surface area contributed by atoms with E-state index in [1.165, 1.54) is 0 Å². The van der Waals surface area contributed by atoms with Crippen molar-refractivity contribution < 1.29 is 13.5 Å². The molecule has 1 rings (SSSR count). The SMILES string of the molecule is CCOc1c(CCN)cc(F)c(F)c1Cl. The Labute approximate surface area is 92.0 Å². The number of halogens is 3. The summed E-state index contributed by atoms with van der Waals surface area (Å²) in [5.41, 5.74) is 5.84. The molecule has 0 bridgehead atoms. The van der Waals surface area contributed by atoms with Crippen molar-refractivity contribution in [1.29, 1.82) is 0 Å². The molecule has 0 heterocycles. The van der Waals surface area contributed by atoms with Crippen molar-refractivity contribution in [3.8, 4) is 5.75 Å². The van der Waals surface area contributed by atoms with Gasteiger partial charge in [0.25, 0.3) is 0 Å². The van der Waals surface area contributed by atoms with Gasteiger partial charge in [-0.25, -0.2) is 8.78 Å². The summed E-state index contributed by atoms with van der Waals surface area (Å²) in [7, 11) is 0. The van der Waals surface area contributed by atoms with E-state index in [0.717, 1.165) is 6.07 Å². The third kappa shape index (κ3) is 2.58. The van der Waals surface area contributed by atoms with Gasteiger partial charge in [-0.1, -0.05) is 11.6 Å². The van der Waals surface area contributed by atoms with Crippen molar-refractivity contribution >= 4 is 11.6 Å². The van der Waals surface area contributed by atoms with E-state index in [4.69, 9.17) is 22.1 Å². The van der Waals surface area contributed by atoms with Crippen molar-refractivity contribution in [1.82, 2.24) is 0 Å². The van der Waals surface area contributed by atoms with E-state index in [-0.39, 0.29) is 10.8 Å². The Balaban J connectivity index is 3.23. The highest BCUT2D eigenvalue weighted by molar-refractivity contribution is 6.32. The molecule has 0 saturated carbocycles. The average Bonchev–Trinajstić information content (AvgIpc) is 2.21. The molecule has 0 radical (unpaired) electrons. The molecule has 0 aliphatic carbocycles. The van der Waals surface area contributed by atoms with Crippen molar-refractivity contribution in [2.24, 2.45) is 5.73 Å². The van der Waals surface area contributed by atoms with E-state index in [0.29, 0.717) is 25.1 Å².